The van der Waals surface area contributed by atoms with Gasteiger partial charge in [0, 0.05) is 22.7 Å². The summed E-state index contributed by atoms with van der Waals surface area (Å²) in [6.45, 7) is 2.87. The van der Waals surface area contributed by atoms with Crippen LogP contribution >= 0.6 is 15.9 Å². The van der Waals surface area contributed by atoms with Gasteiger partial charge < -0.3 is 10.2 Å². The number of amides is 1. The highest BCUT2D eigenvalue weighted by Crippen LogP contribution is 2.28. The zero-order valence-electron chi connectivity index (χ0n) is 10.4. The fraction of sp³-hybridized carbons (Fsp3) is 0.500. The van der Waals surface area contributed by atoms with Gasteiger partial charge in [0.05, 0.1) is 6.04 Å². The maximum absolute atomic E-state index is 12.3. The minimum absolute atomic E-state index is 0.0255. The fourth-order valence-corrected chi connectivity index (χ4v) is 2.74. The molecule has 0 radical (unpaired) electrons. The Kier molecular flexibility index (Phi) is 3.16. The molecule has 1 N–H and O–H groups in total. The minimum Gasteiger partial charge on any atom is -0.311 e. The maximum Gasteiger partial charge on any atom is 0.244 e. The summed E-state index contributed by atoms with van der Waals surface area (Å²) >= 11 is 3.52. The predicted molar refractivity (Wildman–Crippen MR) is 75.8 cm³/mol. The van der Waals surface area contributed by atoms with Gasteiger partial charge in [-0.05, 0) is 43.9 Å². The Morgan fingerprint density at radius 3 is 2.78 bits per heavy atom. The van der Waals surface area contributed by atoms with Crippen molar-refractivity contribution in [2.75, 3.05) is 11.4 Å². The number of carbonyl (C=O) groups excluding carboxylic acids is 1. The molecule has 1 heterocycles. The molecule has 1 amide bonds. The quantitative estimate of drug-likeness (QED) is 0.931. The summed E-state index contributed by atoms with van der Waals surface area (Å²) in [5.41, 5.74) is 2.19. The van der Waals surface area contributed by atoms with Gasteiger partial charge in [0.15, 0.2) is 0 Å². The van der Waals surface area contributed by atoms with E-state index in [0.717, 1.165) is 23.1 Å². The van der Waals surface area contributed by atoms with Gasteiger partial charge >= 0.3 is 0 Å². The Morgan fingerprint density at radius 2 is 2.11 bits per heavy atom. The molecule has 1 saturated heterocycles. The average molecular weight is 309 g/mol. The molecule has 96 valence electrons. The van der Waals surface area contributed by atoms with Crippen LogP contribution in [0.25, 0.3) is 0 Å². The first-order valence-corrected chi connectivity index (χ1v) is 7.28. The van der Waals surface area contributed by atoms with Crippen molar-refractivity contribution in [3.8, 4) is 0 Å². The van der Waals surface area contributed by atoms with E-state index in [4.69, 9.17) is 0 Å². The number of aryl methyl sites for hydroxylation is 1. The first-order valence-electron chi connectivity index (χ1n) is 6.49. The molecule has 2 aliphatic rings. The van der Waals surface area contributed by atoms with Crippen molar-refractivity contribution in [2.45, 2.75) is 38.3 Å². The molecule has 1 atom stereocenters. The standard InChI is InChI=1S/C14H17BrN2O/c1-9-2-5-11(8-12(9)15)17-7-6-13(14(17)18)16-10-3-4-10/h2,5,8,10,13,16H,3-4,6-7H2,1H3. The van der Waals surface area contributed by atoms with Crippen molar-refractivity contribution in [1.82, 2.24) is 5.32 Å². The summed E-state index contributed by atoms with van der Waals surface area (Å²) in [6, 6.07) is 6.72. The monoisotopic (exact) mass is 308 g/mol. The summed E-state index contributed by atoms with van der Waals surface area (Å²) in [5, 5.41) is 3.43. The second-order valence-electron chi connectivity index (χ2n) is 5.21. The van der Waals surface area contributed by atoms with Gasteiger partial charge in [0.2, 0.25) is 5.91 Å². The molecule has 1 saturated carbocycles. The molecule has 3 rings (SSSR count). The SMILES string of the molecule is Cc1ccc(N2CCC(NC3CC3)C2=O)cc1Br. The number of halogens is 1. The predicted octanol–water partition coefficient (Wildman–Crippen LogP) is 2.61. The number of benzene rings is 1. The number of anilines is 1. The Hall–Kier alpha value is -0.870. The molecule has 1 aliphatic heterocycles. The van der Waals surface area contributed by atoms with Crippen LogP contribution in [0.15, 0.2) is 22.7 Å². The van der Waals surface area contributed by atoms with Crippen LogP contribution in [0.3, 0.4) is 0 Å². The molecule has 0 spiro atoms. The van der Waals surface area contributed by atoms with Crippen LogP contribution in [-0.2, 0) is 4.79 Å². The first kappa shape index (κ1) is 12.2. The van der Waals surface area contributed by atoms with Gasteiger partial charge in [-0.25, -0.2) is 0 Å². The van der Waals surface area contributed by atoms with Gasteiger partial charge in [-0.1, -0.05) is 22.0 Å². The number of nitrogens with one attached hydrogen (secondary N) is 1. The fourth-order valence-electron chi connectivity index (χ4n) is 2.38. The Balaban J connectivity index is 1.76. The minimum atomic E-state index is 0.0255. The van der Waals surface area contributed by atoms with E-state index in [1.807, 2.05) is 23.1 Å². The molecule has 0 bridgehead atoms. The van der Waals surface area contributed by atoms with Crippen LogP contribution < -0.4 is 10.2 Å². The lowest BCUT2D eigenvalue weighted by molar-refractivity contribution is -0.118. The van der Waals surface area contributed by atoms with Crippen molar-refractivity contribution < 1.29 is 4.79 Å². The molecule has 1 aromatic rings. The molecular weight excluding hydrogens is 292 g/mol. The molecule has 1 aromatic carbocycles. The van der Waals surface area contributed by atoms with Gasteiger partial charge in [0.25, 0.3) is 0 Å². The zero-order valence-corrected chi connectivity index (χ0v) is 12.0. The van der Waals surface area contributed by atoms with E-state index in [1.165, 1.54) is 18.4 Å². The Morgan fingerprint density at radius 1 is 1.33 bits per heavy atom. The summed E-state index contributed by atoms with van der Waals surface area (Å²) in [7, 11) is 0. The highest BCUT2D eigenvalue weighted by molar-refractivity contribution is 9.10. The summed E-state index contributed by atoms with van der Waals surface area (Å²) < 4.78 is 1.06. The van der Waals surface area contributed by atoms with Crippen LogP contribution in [0, 0.1) is 6.92 Å². The number of hydrogen-bond donors (Lipinski definition) is 1. The number of rotatable bonds is 3. The normalized spacial score (nSPS) is 23.8. The van der Waals surface area contributed by atoms with E-state index in [-0.39, 0.29) is 11.9 Å². The molecule has 0 aromatic heterocycles. The second kappa shape index (κ2) is 4.67. The third-order valence-electron chi connectivity index (χ3n) is 3.69. The van der Waals surface area contributed by atoms with E-state index >= 15 is 0 Å². The van der Waals surface area contributed by atoms with Crippen molar-refractivity contribution in [3.05, 3.63) is 28.2 Å². The van der Waals surface area contributed by atoms with Gasteiger partial charge in [-0.3, -0.25) is 4.79 Å². The van der Waals surface area contributed by atoms with Crippen LogP contribution in [0.5, 0.6) is 0 Å². The van der Waals surface area contributed by atoms with Crippen molar-refractivity contribution in [1.29, 1.82) is 0 Å². The van der Waals surface area contributed by atoms with Crippen LogP contribution in [0.4, 0.5) is 5.69 Å². The zero-order chi connectivity index (χ0) is 12.7. The molecular formula is C14H17BrN2O. The second-order valence-corrected chi connectivity index (χ2v) is 6.06. The molecule has 4 heteroatoms. The topological polar surface area (TPSA) is 32.3 Å². The molecule has 1 unspecified atom stereocenters. The Bertz CT molecular complexity index is 485. The number of nitrogens with zero attached hydrogens (tertiary/aromatic N) is 1. The van der Waals surface area contributed by atoms with Gasteiger partial charge in [0.1, 0.15) is 0 Å². The van der Waals surface area contributed by atoms with E-state index in [9.17, 15) is 4.79 Å². The molecule has 2 fully saturated rings. The first-order chi connectivity index (χ1) is 8.65. The lowest BCUT2D eigenvalue weighted by Crippen LogP contribution is -2.39. The van der Waals surface area contributed by atoms with E-state index < -0.39 is 0 Å². The summed E-state index contributed by atoms with van der Waals surface area (Å²) in [6.07, 6.45) is 3.36. The number of carbonyl (C=O) groups is 1. The van der Waals surface area contributed by atoms with Crippen LogP contribution in [0.2, 0.25) is 0 Å². The van der Waals surface area contributed by atoms with Gasteiger partial charge in [-0.2, -0.15) is 0 Å². The summed E-state index contributed by atoms with van der Waals surface area (Å²) in [5.74, 6) is 0.220. The third-order valence-corrected chi connectivity index (χ3v) is 4.54. The molecule has 3 nitrogen and oxygen atoms in total. The van der Waals surface area contributed by atoms with E-state index in [0.29, 0.717) is 6.04 Å². The lowest BCUT2D eigenvalue weighted by Gasteiger charge is -2.18. The van der Waals surface area contributed by atoms with Crippen LogP contribution in [0.1, 0.15) is 24.8 Å². The Labute approximate surface area is 116 Å². The molecule has 1 aliphatic carbocycles. The average Bonchev–Trinajstić information content (AvgIpc) is 3.09. The van der Waals surface area contributed by atoms with Crippen molar-refractivity contribution in [2.24, 2.45) is 0 Å². The van der Waals surface area contributed by atoms with Crippen LogP contribution in [-0.4, -0.2) is 24.5 Å². The lowest BCUT2D eigenvalue weighted by atomic mass is 10.2. The largest absolute Gasteiger partial charge is 0.311 e. The van der Waals surface area contributed by atoms with Crippen molar-refractivity contribution in [3.63, 3.8) is 0 Å². The third kappa shape index (κ3) is 2.31. The highest BCUT2D eigenvalue weighted by Gasteiger charge is 2.36. The maximum atomic E-state index is 12.3. The highest BCUT2D eigenvalue weighted by atomic mass is 79.9. The number of hydrogen-bond acceptors (Lipinski definition) is 2. The molecule has 18 heavy (non-hydrogen) atoms. The van der Waals surface area contributed by atoms with E-state index in [1.54, 1.807) is 0 Å². The summed E-state index contributed by atoms with van der Waals surface area (Å²) in [4.78, 5) is 14.2. The van der Waals surface area contributed by atoms with Crippen molar-refractivity contribution >= 4 is 27.5 Å². The van der Waals surface area contributed by atoms with E-state index in [2.05, 4.69) is 28.2 Å². The van der Waals surface area contributed by atoms with Gasteiger partial charge in [-0.15, -0.1) is 0 Å². The smallest absolute Gasteiger partial charge is 0.244 e.